The number of thiocarbonyl (C=S) groups is 1. The number of tetrazole rings is 1. The summed E-state index contributed by atoms with van der Waals surface area (Å²) < 4.78 is 0. The van der Waals surface area contributed by atoms with Gasteiger partial charge in [-0.3, -0.25) is 15.6 Å². The van der Waals surface area contributed by atoms with Crippen molar-refractivity contribution in [1.82, 2.24) is 36.4 Å². The Hall–Kier alpha value is -2.55. The number of hydrogen-bond donors (Lipinski definition) is 3. The highest BCUT2D eigenvalue weighted by atomic mass is 32.1. The zero-order valence-electron chi connectivity index (χ0n) is 15.8. The van der Waals surface area contributed by atoms with E-state index in [9.17, 15) is 4.79 Å². The maximum absolute atomic E-state index is 12.0. The van der Waals surface area contributed by atoms with Crippen molar-refractivity contribution < 1.29 is 4.79 Å². The van der Waals surface area contributed by atoms with Gasteiger partial charge >= 0.3 is 0 Å². The van der Waals surface area contributed by atoms with Gasteiger partial charge < -0.3 is 5.32 Å². The fourth-order valence-corrected chi connectivity index (χ4v) is 2.67. The van der Waals surface area contributed by atoms with Crippen molar-refractivity contribution in [2.24, 2.45) is 5.92 Å². The molecule has 3 N–H and O–H groups in total. The second-order valence-electron chi connectivity index (χ2n) is 6.31. The molecule has 0 aliphatic rings. The van der Waals surface area contributed by atoms with E-state index in [1.165, 1.54) is 24.1 Å². The molecule has 27 heavy (non-hydrogen) atoms. The zero-order valence-corrected chi connectivity index (χ0v) is 16.6. The molecule has 0 saturated carbocycles. The molecule has 0 radical (unpaired) electrons. The minimum absolute atomic E-state index is 0.0521. The van der Waals surface area contributed by atoms with Crippen molar-refractivity contribution in [3.05, 3.63) is 30.3 Å². The van der Waals surface area contributed by atoms with Crippen molar-refractivity contribution in [3.8, 4) is 11.4 Å². The molecule has 0 bridgehead atoms. The smallest absolute Gasteiger partial charge is 0.262 e. The predicted octanol–water partition coefficient (Wildman–Crippen LogP) is 2.05. The maximum atomic E-state index is 12.0. The monoisotopic (exact) mass is 389 g/mol. The quantitative estimate of drug-likeness (QED) is 0.446. The summed E-state index contributed by atoms with van der Waals surface area (Å²) in [5, 5.41) is 15.6. The Morgan fingerprint density at radius 3 is 2.70 bits per heavy atom. The van der Waals surface area contributed by atoms with Crippen molar-refractivity contribution >= 4 is 23.2 Å². The number of hydrogen-bond acceptors (Lipinski definition) is 5. The average Bonchev–Trinajstić information content (AvgIpc) is 3.15. The SMILES string of the molecule is CCCC[C@H](CC)CNC(=S)NNC(=O)Cn1nnc(-c2ccccc2)n1. The van der Waals surface area contributed by atoms with Gasteiger partial charge in [0.15, 0.2) is 5.11 Å². The summed E-state index contributed by atoms with van der Waals surface area (Å²) in [5.74, 6) is 0.747. The molecule has 2 rings (SSSR count). The van der Waals surface area contributed by atoms with Gasteiger partial charge in [-0.2, -0.15) is 4.80 Å². The number of hydrazine groups is 1. The molecule has 0 saturated heterocycles. The number of rotatable bonds is 9. The molecule has 0 aliphatic carbocycles. The van der Waals surface area contributed by atoms with Gasteiger partial charge in [0.2, 0.25) is 5.82 Å². The third-order valence-electron chi connectivity index (χ3n) is 4.18. The summed E-state index contributed by atoms with van der Waals surface area (Å²) in [7, 11) is 0. The molecule has 2 aromatic rings. The van der Waals surface area contributed by atoms with Crippen molar-refractivity contribution in [2.45, 2.75) is 46.1 Å². The molecule has 1 aromatic carbocycles. The van der Waals surface area contributed by atoms with Crippen LogP contribution in [0.15, 0.2) is 30.3 Å². The summed E-state index contributed by atoms with van der Waals surface area (Å²) in [6, 6.07) is 9.47. The van der Waals surface area contributed by atoms with Crippen LogP contribution in [0.1, 0.15) is 39.5 Å². The highest BCUT2D eigenvalue weighted by Gasteiger charge is 2.10. The number of unbranched alkanes of at least 4 members (excludes halogenated alkanes) is 1. The third-order valence-corrected chi connectivity index (χ3v) is 4.43. The van der Waals surface area contributed by atoms with E-state index < -0.39 is 0 Å². The molecule has 0 unspecified atom stereocenters. The molecule has 0 aliphatic heterocycles. The van der Waals surface area contributed by atoms with Crippen molar-refractivity contribution in [1.29, 1.82) is 0 Å². The molecule has 0 spiro atoms. The Morgan fingerprint density at radius 1 is 1.22 bits per heavy atom. The first-order chi connectivity index (χ1) is 13.1. The topological polar surface area (TPSA) is 96.8 Å². The van der Waals surface area contributed by atoms with Crippen LogP contribution in [0, 0.1) is 5.92 Å². The van der Waals surface area contributed by atoms with Gasteiger partial charge in [-0.25, -0.2) is 0 Å². The van der Waals surface area contributed by atoms with Crippen LogP contribution in [0.2, 0.25) is 0 Å². The van der Waals surface area contributed by atoms with E-state index in [-0.39, 0.29) is 12.5 Å². The van der Waals surface area contributed by atoms with Gasteiger partial charge in [0.1, 0.15) is 6.54 Å². The Morgan fingerprint density at radius 2 is 2.00 bits per heavy atom. The van der Waals surface area contributed by atoms with Gasteiger partial charge in [0, 0.05) is 12.1 Å². The molecule has 1 aromatic heterocycles. The lowest BCUT2D eigenvalue weighted by Crippen LogP contribution is -2.48. The van der Waals surface area contributed by atoms with E-state index in [0.717, 1.165) is 18.5 Å². The fourth-order valence-electron chi connectivity index (χ4n) is 2.53. The summed E-state index contributed by atoms with van der Waals surface area (Å²) in [4.78, 5) is 13.3. The van der Waals surface area contributed by atoms with Crippen LogP contribution in [0.3, 0.4) is 0 Å². The Kier molecular flexibility index (Phi) is 8.63. The van der Waals surface area contributed by atoms with Gasteiger partial charge in [-0.15, -0.1) is 10.2 Å². The first kappa shape index (κ1) is 20.8. The van der Waals surface area contributed by atoms with Gasteiger partial charge in [0.05, 0.1) is 0 Å². The molecule has 9 heteroatoms. The molecule has 1 amide bonds. The lowest BCUT2D eigenvalue weighted by Gasteiger charge is -2.17. The molecule has 1 heterocycles. The Bertz CT molecular complexity index is 720. The fraction of sp³-hybridized carbons (Fsp3) is 0.500. The van der Waals surface area contributed by atoms with Crippen LogP contribution in [0.5, 0.6) is 0 Å². The summed E-state index contributed by atoms with van der Waals surface area (Å²) in [5.41, 5.74) is 6.10. The molecule has 146 valence electrons. The van der Waals surface area contributed by atoms with Crippen molar-refractivity contribution in [2.75, 3.05) is 6.54 Å². The van der Waals surface area contributed by atoms with Gasteiger partial charge in [-0.1, -0.05) is 63.4 Å². The maximum Gasteiger partial charge on any atom is 0.262 e. The Labute approximate surface area is 165 Å². The van der Waals surface area contributed by atoms with Crippen LogP contribution in [0.25, 0.3) is 11.4 Å². The molecular formula is C18H27N7OS. The minimum atomic E-state index is -0.311. The van der Waals surface area contributed by atoms with Gasteiger partial charge in [-0.05, 0) is 29.8 Å². The normalized spacial score (nSPS) is 11.6. The lowest BCUT2D eigenvalue weighted by molar-refractivity contribution is -0.122. The van der Waals surface area contributed by atoms with Crippen molar-refractivity contribution in [3.63, 3.8) is 0 Å². The first-order valence-electron chi connectivity index (χ1n) is 9.28. The van der Waals surface area contributed by atoms with Crippen LogP contribution < -0.4 is 16.2 Å². The zero-order chi connectivity index (χ0) is 19.5. The lowest BCUT2D eigenvalue weighted by atomic mass is 9.99. The highest BCUT2D eigenvalue weighted by molar-refractivity contribution is 7.80. The third kappa shape index (κ3) is 7.30. The summed E-state index contributed by atoms with van der Waals surface area (Å²) >= 11 is 5.20. The van der Waals surface area contributed by atoms with Crippen LogP contribution in [-0.4, -0.2) is 37.8 Å². The van der Waals surface area contributed by atoms with E-state index in [1.54, 1.807) is 0 Å². The predicted molar refractivity (Wildman–Crippen MR) is 108 cm³/mol. The number of nitrogens with zero attached hydrogens (tertiary/aromatic N) is 4. The second kappa shape index (κ2) is 11.2. The minimum Gasteiger partial charge on any atom is -0.361 e. The van der Waals surface area contributed by atoms with E-state index in [0.29, 0.717) is 16.9 Å². The number of carbonyl (C=O) groups is 1. The number of nitrogens with one attached hydrogen (secondary N) is 3. The molecule has 1 atom stereocenters. The van der Waals surface area contributed by atoms with E-state index in [4.69, 9.17) is 12.2 Å². The number of carbonyl (C=O) groups excluding carboxylic acids is 1. The van der Waals surface area contributed by atoms with E-state index in [1.807, 2.05) is 30.3 Å². The average molecular weight is 390 g/mol. The second-order valence-corrected chi connectivity index (χ2v) is 6.72. The largest absolute Gasteiger partial charge is 0.361 e. The summed E-state index contributed by atoms with van der Waals surface area (Å²) in [6.45, 7) is 5.11. The standard InChI is InChI=1S/C18H27N7OS/c1-3-5-9-14(4-2)12-19-18(27)22-20-16(26)13-25-23-17(21-24-25)15-10-7-6-8-11-15/h6-8,10-11,14H,3-5,9,12-13H2,1-2H3,(H,20,26)(H2,19,22,27)/t14-/m0/s1. The molecule has 8 nitrogen and oxygen atoms in total. The van der Waals surface area contributed by atoms with E-state index >= 15 is 0 Å². The highest BCUT2D eigenvalue weighted by Crippen LogP contribution is 2.12. The van der Waals surface area contributed by atoms with Crippen LogP contribution in [-0.2, 0) is 11.3 Å². The number of benzene rings is 1. The van der Waals surface area contributed by atoms with Crippen LogP contribution >= 0.6 is 12.2 Å². The summed E-state index contributed by atoms with van der Waals surface area (Å²) in [6.07, 6.45) is 4.69. The molecule has 0 fully saturated rings. The van der Waals surface area contributed by atoms with Gasteiger partial charge in [0.25, 0.3) is 5.91 Å². The number of aromatic nitrogens is 4. The number of amides is 1. The first-order valence-corrected chi connectivity index (χ1v) is 9.69. The molecular weight excluding hydrogens is 362 g/mol. The van der Waals surface area contributed by atoms with Crippen LogP contribution in [0.4, 0.5) is 0 Å². The van der Waals surface area contributed by atoms with E-state index in [2.05, 4.69) is 45.4 Å². The Balaban J connectivity index is 1.71.